The molecular formula is C20H30O3. The zero-order chi connectivity index (χ0) is 16.2. The fourth-order valence-corrected chi connectivity index (χ4v) is 6.05. The van der Waals surface area contributed by atoms with Crippen molar-refractivity contribution in [3.63, 3.8) is 0 Å². The number of allylic oxidation sites excluding steroid dienone is 4. The van der Waals surface area contributed by atoms with Gasteiger partial charge in [-0.2, -0.15) is 0 Å². The minimum atomic E-state index is -0.293. The van der Waals surface area contributed by atoms with Crippen LogP contribution >= 0.6 is 0 Å². The summed E-state index contributed by atoms with van der Waals surface area (Å²) in [7, 11) is 0. The first-order valence-electron chi connectivity index (χ1n) is 9.34. The van der Waals surface area contributed by atoms with Gasteiger partial charge in [0.05, 0.1) is 19.3 Å². The zero-order valence-electron chi connectivity index (χ0n) is 14.2. The van der Waals surface area contributed by atoms with E-state index in [1.165, 1.54) is 18.4 Å². The van der Waals surface area contributed by atoms with Crippen molar-refractivity contribution in [1.82, 2.24) is 0 Å². The third kappa shape index (κ3) is 2.20. The molecule has 3 N–H and O–H groups in total. The highest BCUT2D eigenvalue weighted by atomic mass is 16.3. The second-order valence-corrected chi connectivity index (χ2v) is 8.79. The van der Waals surface area contributed by atoms with E-state index in [9.17, 15) is 15.3 Å². The van der Waals surface area contributed by atoms with Crippen LogP contribution < -0.4 is 0 Å². The molecule has 23 heavy (non-hydrogen) atoms. The van der Waals surface area contributed by atoms with Gasteiger partial charge in [-0.3, -0.25) is 0 Å². The summed E-state index contributed by atoms with van der Waals surface area (Å²) < 4.78 is 0. The summed E-state index contributed by atoms with van der Waals surface area (Å²) in [5, 5.41) is 29.9. The molecule has 0 heterocycles. The van der Waals surface area contributed by atoms with Crippen LogP contribution in [0, 0.1) is 22.7 Å². The van der Waals surface area contributed by atoms with Crippen LogP contribution in [0.5, 0.6) is 0 Å². The van der Waals surface area contributed by atoms with Gasteiger partial charge in [0.15, 0.2) is 0 Å². The molecule has 4 rings (SSSR count). The molecule has 0 aromatic carbocycles. The molecule has 0 amide bonds. The van der Waals surface area contributed by atoms with E-state index in [-0.39, 0.29) is 30.1 Å². The number of fused-ring (bicyclic) bond motifs is 4. The van der Waals surface area contributed by atoms with E-state index in [1.807, 2.05) is 0 Å². The van der Waals surface area contributed by atoms with Crippen molar-refractivity contribution in [3.8, 4) is 0 Å². The first-order chi connectivity index (χ1) is 11.0. The van der Waals surface area contributed by atoms with E-state index in [0.717, 1.165) is 38.5 Å². The van der Waals surface area contributed by atoms with Crippen molar-refractivity contribution in [2.24, 2.45) is 22.7 Å². The maximum Gasteiger partial charge on any atom is 0.0599 e. The van der Waals surface area contributed by atoms with E-state index < -0.39 is 0 Å². The molecule has 4 atom stereocenters. The van der Waals surface area contributed by atoms with E-state index in [4.69, 9.17) is 0 Å². The normalized spacial score (nSPS) is 41.9. The van der Waals surface area contributed by atoms with Crippen LogP contribution in [0.3, 0.4) is 0 Å². The Kier molecular flexibility index (Phi) is 3.75. The summed E-state index contributed by atoms with van der Waals surface area (Å²) >= 11 is 0. The van der Waals surface area contributed by atoms with Gasteiger partial charge >= 0.3 is 0 Å². The second-order valence-electron chi connectivity index (χ2n) is 8.79. The largest absolute Gasteiger partial charge is 0.396 e. The first kappa shape index (κ1) is 15.9. The summed E-state index contributed by atoms with van der Waals surface area (Å²) in [6, 6.07) is 0. The summed E-state index contributed by atoms with van der Waals surface area (Å²) in [6.45, 7) is 2.47. The smallest absolute Gasteiger partial charge is 0.0599 e. The topological polar surface area (TPSA) is 60.7 Å². The monoisotopic (exact) mass is 318 g/mol. The van der Waals surface area contributed by atoms with Gasteiger partial charge in [-0.05, 0) is 74.3 Å². The first-order valence-corrected chi connectivity index (χ1v) is 9.34. The lowest BCUT2D eigenvalue weighted by Gasteiger charge is -2.48. The molecule has 4 aliphatic rings. The van der Waals surface area contributed by atoms with Crippen LogP contribution in [-0.2, 0) is 0 Å². The molecule has 0 aromatic rings. The van der Waals surface area contributed by atoms with Crippen molar-refractivity contribution in [2.75, 3.05) is 13.2 Å². The van der Waals surface area contributed by atoms with Crippen LogP contribution in [-0.4, -0.2) is 34.6 Å². The molecule has 0 aliphatic heterocycles. The van der Waals surface area contributed by atoms with Crippen molar-refractivity contribution >= 4 is 0 Å². The Morgan fingerprint density at radius 1 is 1.13 bits per heavy atom. The molecule has 4 aliphatic carbocycles. The molecule has 0 bridgehead atoms. The lowest BCUT2D eigenvalue weighted by atomic mass is 9.57. The standard InChI is InChI=1S/C20H30O3/c1-19-8-6-15-14-7-9-20(11-21,12-22)10-13(14)2-3-16(15)17(19)4-5-18(19)23/h6,16-18,21-23H,2-5,7-12H2,1H3/t16?,17?,18-,19-/m0/s1. The minimum absolute atomic E-state index is 0.0842. The lowest BCUT2D eigenvalue weighted by Crippen LogP contribution is -2.42. The third-order valence-electron chi connectivity index (χ3n) is 7.70. The van der Waals surface area contributed by atoms with Gasteiger partial charge in [0.2, 0.25) is 0 Å². The van der Waals surface area contributed by atoms with E-state index in [2.05, 4.69) is 13.0 Å². The van der Waals surface area contributed by atoms with E-state index in [0.29, 0.717) is 11.8 Å². The fourth-order valence-electron chi connectivity index (χ4n) is 6.05. The van der Waals surface area contributed by atoms with E-state index in [1.54, 1.807) is 11.1 Å². The Morgan fingerprint density at radius 2 is 1.91 bits per heavy atom. The molecule has 1 saturated carbocycles. The van der Waals surface area contributed by atoms with Crippen molar-refractivity contribution in [3.05, 3.63) is 22.8 Å². The maximum atomic E-state index is 10.4. The fraction of sp³-hybridized carbons (Fsp3) is 0.800. The van der Waals surface area contributed by atoms with Gasteiger partial charge in [0.25, 0.3) is 0 Å². The highest BCUT2D eigenvalue weighted by Gasteiger charge is 2.52. The minimum Gasteiger partial charge on any atom is -0.396 e. The number of aliphatic hydroxyl groups is 3. The average Bonchev–Trinajstić information content (AvgIpc) is 2.89. The lowest BCUT2D eigenvalue weighted by molar-refractivity contribution is 0.0176. The van der Waals surface area contributed by atoms with Gasteiger partial charge in [-0.25, -0.2) is 0 Å². The quantitative estimate of drug-likeness (QED) is 0.733. The molecular weight excluding hydrogens is 288 g/mol. The van der Waals surface area contributed by atoms with Crippen LogP contribution in [0.1, 0.15) is 58.3 Å². The van der Waals surface area contributed by atoms with Gasteiger partial charge in [-0.15, -0.1) is 0 Å². The average molecular weight is 318 g/mol. The molecule has 1 fully saturated rings. The summed E-state index contributed by atoms with van der Waals surface area (Å²) in [6.07, 6.45) is 10.5. The van der Waals surface area contributed by atoms with E-state index >= 15 is 0 Å². The zero-order valence-corrected chi connectivity index (χ0v) is 14.2. The van der Waals surface area contributed by atoms with Gasteiger partial charge in [0.1, 0.15) is 0 Å². The van der Waals surface area contributed by atoms with Crippen molar-refractivity contribution < 1.29 is 15.3 Å². The van der Waals surface area contributed by atoms with Crippen LogP contribution in [0.4, 0.5) is 0 Å². The summed E-state index contributed by atoms with van der Waals surface area (Å²) in [5.41, 5.74) is 4.39. The number of hydrogen-bond acceptors (Lipinski definition) is 3. The second kappa shape index (κ2) is 5.44. The summed E-state index contributed by atoms with van der Waals surface area (Å²) in [4.78, 5) is 0. The van der Waals surface area contributed by atoms with Gasteiger partial charge < -0.3 is 15.3 Å². The maximum absolute atomic E-state index is 10.4. The molecule has 2 unspecified atom stereocenters. The van der Waals surface area contributed by atoms with Crippen LogP contribution in [0.2, 0.25) is 0 Å². The Morgan fingerprint density at radius 3 is 2.65 bits per heavy atom. The Hall–Kier alpha value is -0.640. The summed E-state index contributed by atoms with van der Waals surface area (Å²) in [5.74, 6) is 1.26. The van der Waals surface area contributed by atoms with Crippen LogP contribution in [0.25, 0.3) is 0 Å². The van der Waals surface area contributed by atoms with Gasteiger partial charge in [0, 0.05) is 10.8 Å². The molecule has 0 aromatic heterocycles. The highest BCUT2D eigenvalue weighted by Crippen LogP contribution is 2.59. The Bertz CT molecular complexity index is 557. The predicted octanol–water partition coefficient (Wildman–Crippen LogP) is 2.96. The SMILES string of the molecule is C[C@]12CC=C3C4=C(CCC3C1CC[C@@H]2O)CC(CO)(CO)CC4. The van der Waals surface area contributed by atoms with Crippen molar-refractivity contribution in [1.29, 1.82) is 0 Å². The Balaban J connectivity index is 1.66. The third-order valence-corrected chi connectivity index (χ3v) is 7.70. The number of aliphatic hydroxyl groups excluding tert-OH is 3. The number of hydrogen-bond donors (Lipinski definition) is 3. The molecule has 3 heteroatoms. The molecule has 0 spiro atoms. The highest BCUT2D eigenvalue weighted by molar-refractivity contribution is 5.44. The van der Waals surface area contributed by atoms with Crippen molar-refractivity contribution in [2.45, 2.75) is 64.4 Å². The molecule has 128 valence electrons. The molecule has 0 radical (unpaired) electrons. The molecule has 0 saturated heterocycles. The predicted molar refractivity (Wildman–Crippen MR) is 89.7 cm³/mol. The van der Waals surface area contributed by atoms with Crippen LogP contribution in [0.15, 0.2) is 22.8 Å². The number of rotatable bonds is 2. The Labute approximate surface area is 139 Å². The van der Waals surface area contributed by atoms with Gasteiger partial charge in [-0.1, -0.05) is 18.6 Å². The molecule has 3 nitrogen and oxygen atoms in total.